The number of hydrogen-bond acceptors (Lipinski definition) is 3. The molecule has 0 spiro atoms. The number of halogens is 1. The molecule has 1 heterocycles. The molecular weight excluding hydrogens is 325 g/mol. The molecule has 6 nitrogen and oxygen atoms in total. The number of carbonyl (C=O) groups is 2. The van der Waals surface area contributed by atoms with Crippen LogP contribution in [0.3, 0.4) is 0 Å². The second-order valence-electron chi connectivity index (χ2n) is 6.77. The standard InChI is InChI=1S/C18H22FN3O3/c1-5-15-13(10-20-22(15)18(2,3)4)17(25)21-12-7-6-11(8-16(23)24)14(19)9-12/h6-7,9-10H,5,8H2,1-4H3,(H,21,25)(H,23,24). The highest BCUT2D eigenvalue weighted by molar-refractivity contribution is 6.05. The third-order valence-electron chi connectivity index (χ3n) is 3.74. The predicted octanol–water partition coefficient (Wildman–Crippen LogP) is 3.22. The lowest BCUT2D eigenvalue weighted by molar-refractivity contribution is -0.136. The van der Waals surface area contributed by atoms with Crippen LogP contribution in [0.25, 0.3) is 0 Å². The van der Waals surface area contributed by atoms with Crippen molar-refractivity contribution in [3.05, 3.63) is 47.0 Å². The van der Waals surface area contributed by atoms with E-state index in [-0.39, 0.29) is 22.7 Å². The Morgan fingerprint density at radius 1 is 1.32 bits per heavy atom. The SMILES string of the molecule is CCc1c(C(=O)Nc2ccc(CC(=O)O)c(F)c2)cnn1C(C)(C)C. The molecule has 1 aromatic heterocycles. The zero-order valence-electron chi connectivity index (χ0n) is 14.8. The van der Waals surface area contributed by atoms with Gasteiger partial charge in [0, 0.05) is 5.69 Å². The Kier molecular flexibility index (Phi) is 5.25. The van der Waals surface area contributed by atoms with Crippen molar-refractivity contribution in [3.63, 3.8) is 0 Å². The first-order chi connectivity index (χ1) is 11.6. The minimum atomic E-state index is -1.11. The molecule has 0 atom stereocenters. The molecule has 0 unspecified atom stereocenters. The van der Waals surface area contributed by atoms with Gasteiger partial charge in [0.15, 0.2) is 0 Å². The number of aliphatic carboxylic acids is 1. The Morgan fingerprint density at radius 2 is 2.00 bits per heavy atom. The molecule has 134 valence electrons. The molecule has 0 saturated heterocycles. The van der Waals surface area contributed by atoms with E-state index in [2.05, 4.69) is 10.4 Å². The Labute approximate surface area is 145 Å². The molecular formula is C18H22FN3O3. The van der Waals surface area contributed by atoms with Gasteiger partial charge in [0.1, 0.15) is 5.82 Å². The average Bonchev–Trinajstić information content (AvgIpc) is 2.93. The number of carbonyl (C=O) groups excluding carboxylic acids is 1. The topological polar surface area (TPSA) is 84.2 Å². The highest BCUT2D eigenvalue weighted by atomic mass is 19.1. The van der Waals surface area contributed by atoms with Crippen molar-refractivity contribution in [1.29, 1.82) is 0 Å². The molecule has 0 aliphatic carbocycles. The summed E-state index contributed by atoms with van der Waals surface area (Å²) < 4.78 is 15.7. The van der Waals surface area contributed by atoms with Gasteiger partial charge in [0.25, 0.3) is 5.91 Å². The van der Waals surface area contributed by atoms with E-state index in [1.165, 1.54) is 18.3 Å². The van der Waals surface area contributed by atoms with Crippen LogP contribution in [-0.2, 0) is 23.2 Å². The number of amides is 1. The molecule has 1 amide bonds. The van der Waals surface area contributed by atoms with E-state index in [4.69, 9.17) is 5.11 Å². The third kappa shape index (κ3) is 4.23. The summed E-state index contributed by atoms with van der Waals surface area (Å²) in [5.74, 6) is -2.16. The van der Waals surface area contributed by atoms with Crippen LogP contribution in [0.15, 0.2) is 24.4 Å². The van der Waals surface area contributed by atoms with E-state index in [1.54, 1.807) is 4.68 Å². The quantitative estimate of drug-likeness (QED) is 0.870. The first-order valence-electron chi connectivity index (χ1n) is 8.02. The van der Waals surface area contributed by atoms with Gasteiger partial charge >= 0.3 is 5.97 Å². The normalized spacial score (nSPS) is 11.4. The van der Waals surface area contributed by atoms with Crippen molar-refractivity contribution < 1.29 is 19.1 Å². The van der Waals surface area contributed by atoms with Crippen molar-refractivity contribution in [2.24, 2.45) is 0 Å². The maximum atomic E-state index is 13.9. The Balaban J connectivity index is 2.24. The summed E-state index contributed by atoms with van der Waals surface area (Å²) in [5.41, 5.74) is 1.32. The van der Waals surface area contributed by atoms with E-state index in [0.717, 1.165) is 11.8 Å². The first kappa shape index (κ1) is 18.6. The zero-order chi connectivity index (χ0) is 18.8. The van der Waals surface area contributed by atoms with Gasteiger partial charge in [-0.15, -0.1) is 0 Å². The van der Waals surface area contributed by atoms with E-state index in [9.17, 15) is 14.0 Å². The van der Waals surface area contributed by atoms with Gasteiger partial charge in [-0.25, -0.2) is 4.39 Å². The fraction of sp³-hybridized carbons (Fsp3) is 0.389. The van der Waals surface area contributed by atoms with Crippen LogP contribution in [0, 0.1) is 5.82 Å². The lowest BCUT2D eigenvalue weighted by atomic mass is 10.1. The number of nitrogens with zero attached hydrogens (tertiary/aromatic N) is 2. The van der Waals surface area contributed by atoms with Crippen LogP contribution < -0.4 is 5.32 Å². The Hall–Kier alpha value is -2.70. The number of rotatable bonds is 5. The fourth-order valence-corrected chi connectivity index (χ4v) is 2.61. The number of nitrogens with one attached hydrogen (secondary N) is 1. The summed E-state index contributed by atoms with van der Waals surface area (Å²) in [4.78, 5) is 23.2. The van der Waals surface area contributed by atoms with Crippen molar-refractivity contribution in [3.8, 4) is 0 Å². The van der Waals surface area contributed by atoms with Crippen molar-refractivity contribution in [2.45, 2.75) is 46.1 Å². The van der Waals surface area contributed by atoms with E-state index < -0.39 is 18.2 Å². The fourth-order valence-electron chi connectivity index (χ4n) is 2.61. The van der Waals surface area contributed by atoms with Crippen LogP contribution in [0.1, 0.15) is 49.3 Å². The van der Waals surface area contributed by atoms with Gasteiger partial charge in [-0.3, -0.25) is 14.3 Å². The Morgan fingerprint density at radius 3 is 2.52 bits per heavy atom. The van der Waals surface area contributed by atoms with E-state index in [0.29, 0.717) is 12.0 Å². The van der Waals surface area contributed by atoms with Crippen molar-refractivity contribution >= 4 is 17.6 Å². The molecule has 0 fully saturated rings. The first-order valence-corrected chi connectivity index (χ1v) is 8.02. The summed E-state index contributed by atoms with van der Waals surface area (Å²) in [6.07, 6.45) is 1.74. The third-order valence-corrected chi connectivity index (χ3v) is 3.74. The molecule has 2 rings (SSSR count). The highest BCUT2D eigenvalue weighted by Crippen LogP contribution is 2.21. The van der Waals surface area contributed by atoms with Gasteiger partial charge in [-0.2, -0.15) is 5.10 Å². The molecule has 0 bridgehead atoms. The minimum Gasteiger partial charge on any atom is -0.481 e. The van der Waals surface area contributed by atoms with Gasteiger partial charge in [0.05, 0.1) is 29.4 Å². The number of benzene rings is 1. The molecule has 25 heavy (non-hydrogen) atoms. The summed E-state index contributed by atoms with van der Waals surface area (Å²) in [5, 5.41) is 15.7. The van der Waals surface area contributed by atoms with Crippen LogP contribution in [0.5, 0.6) is 0 Å². The monoisotopic (exact) mass is 347 g/mol. The number of hydrogen-bond donors (Lipinski definition) is 2. The second kappa shape index (κ2) is 7.04. The van der Waals surface area contributed by atoms with Gasteiger partial charge in [0.2, 0.25) is 0 Å². The molecule has 0 radical (unpaired) electrons. The van der Waals surface area contributed by atoms with Gasteiger partial charge in [-0.05, 0) is 44.9 Å². The number of anilines is 1. The second-order valence-corrected chi connectivity index (χ2v) is 6.77. The zero-order valence-corrected chi connectivity index (χ0v) is 14.8. The molecule has 0 aliphatic rings. The van der Waals surface area contributed by atoms with E-state index in [1.807, 2.05) is 27.7 Å². The largest absolute Gasteiger partial charge is 0.481 e. The molecule has 7 heteroatoms. The van der Waals surface area contributed by atoms with Gasteiger partial charge in [-0.1, -0.05) is 13.0 Å². The highest BCUT2D eigenvalue weighted by Gasteiger charge is 2.23. The summed E-state index contributed by atoms with van der Waals surface area (Å²) >= 11 is 0. The van der Waals surface area contributed by atoms with Crippen LogP contribution >= 0.6 is 0 Å². The van der Waals surface area contributed by atoms with Gasteiger partial charge < -0.3 is 10.4 Å². The maximum absolute atomic E-state index is 13.9. The average molecular weight is 347 g/mol. The molecule has 0 saturated carbocycles. The summed E-state index contributed by atoms with van der Waals surface area (Å²) in [6, 6.07) is 3.97. The lowest BCUT2D eigenvalue weighted by Crippen LogP contribution is -2.26. The number of aromatic nitrogens is 2. The number of carboxylic acids is 1. The summed E-state index contributed by atoms with van der Waals surface area (Å²) in [6.45, 7) is 7.93. The lowest BCUT2D eigenvalue weighted by Gasteiger charge is -2.22. The number of carboxylic acid groups (broad SMARTS) is 1. The molecule has 0 aliphatic heterocycles. The molecule has 2 N–H and O–H groups in total. The smallest absolute Gasteiger partial charge is 0.307 e. The Bertz CT molecular complexity index is 806. The summed E-state index contributed by atoms with van der Waals surface area (Å²) in [7, 11) is 0. The minimum absolute atomic E-state index is 0.0697. The molecule has 2 aromatic rings. The van der Waals surface area contributed by atoms with Crippen LogP contribution in [-0.4, -0.2) is 26.8 Å². The van der Waals surface area contributed by atoms with Crippen LogP contribution in [0.2, 0.25) is 0 Å². The van der Waals surface area contributed by atoms with E-state index >= 15 is 0 Å². The maximum Gasteiger partial charge on any atom is 0.307 e. The predicted molar refractivity (Wildman–Crippen MR) is 92.3 cm³/mol. The van der Waals surface area contributed by atoms with Crippen LogP contribution in [0.4, 0.5) is 10.1 Å². The van der Waals surface area contributed by atoms with Crippen molar-refractivity contribution in [1.82, 2.24) is 9.78 Å². The molecule has 1 aromatic carbocycles. The van der Waals surface area contributed by atoms with Crippen molar-refractivity contribution in [2.75, 3.05) is 5.32 Å².